The van der Waals surface area contributed by atoms with E-state index in [1.54, 1.807) is 42.5 Å². The van der Waals surface area contributed by atoms with Crippen LogP contribution in [-0.4, -0.2) is 29.9 Å². The van der Waals surface area contributed by atoms with Gasteiger partial charge in [0.15, 0.2) is 0 Å². The molecule has 0 aliphatic carbocycles. The van der Waals surface area contributed by atoms with Gasteiger partial charge >= 0.3 is 0 Å². The van der Waals surface area contributed by atoms with Crippen LogP contribution < -0.4 is 15.4 Å². The molecule has 2 N–H and O–H groups in total. The van der Waals surface area contributed by atoms with Crippen molar-refractivity contribution in [2.75, 3.05) is 18.5 Å². The van der Waals surface area contributed by atoms with Crippen molar-refractivity contribution in [1.29, 1.82) is 0 Å². The number of aromatic nitrogens is 1. The molecule has 6 heteroatoms. The first-order valence-electron chi connectivity index (χ1n) is 8.93. The number of nitrogens with one attached hydrogen (secondary N) is 2. The van der Waals surface area contributed by atoms with Crippen molar-refractivity contribution in [3.05, 3.63) is 53.9 Å². The fraction of sp³-hybridized carbons (Fsp3) is 0.350. The monoisotopic (exact) mass is 355 g/mol. The van der Waals surface area contributed by atoms with Crippen molar-refractivity contribution >= 4 is 17.5 Å². The normalized spacial score (nSPS) is 10.2. The van der Waals surface area contributed by atoms with Gasteiger partial charge < -0.3 is 15.4 Å². The van der Waals surface area contributed by atoms with Crippen LogP contribution in [0.2, 0.25) is 0 Å². The Morgan fingerprint density at radius 3 is 2.31 bits per heavy atom. The summed E-state index contributed by atoms with van der Waals surface area (Å²) in [4.78, 5) is 28.6. The van der Waals surface area contributed by atoms with Crippen molar-refractivity contribution in [3.8, 4) is 5.75 Å². The van der Waals surface area contributed by atoms with E-state index in [1.165, 1.54) is 0 Å². The summed E-state index contributed by atoms with van der Waals surface area (Å²) in [6, 6.07) is 11.9. The number of rotatable bonds is 9. The zero-order valence-electron chi connectivity index (χ0n) is 15.2. The highest BCUT2D eigenvalue weighted by atomic mass is 16.5. The first-order chi connectivity index (χ1) is 12.6. The Balaban J connectivity index is 1.97. The number of hydrogen-bond acceptors (Lipinski definition) is 4. The molecule has 0 unspecified atom stereocenters. The van der Waals surface area contributed by atoms with Crippen LogP contribution in [0.4, 0.5) is 5.69 Å². The van der Waals surface area contributed by atoms with Crippen LogP contribution in [0, 0.1) is 0 Å². The Kier molecular flexibility index (Phi) is 7.61. The topological polar surface area (TPSA) is 80.3 Å². The van der Waals surface area contributed by atoms with Gasteiger partial charge in [-0.15, -0.1) is 0 Å². The lowest BCUT2D eigenvalue weighted by Gasteiger charge is -2.08. The summed E-state index contributed by atoms with van der Waals surface area (Å²) in [5.41, 5.74) is 1.07. The molecule has 0 fully saturated rings. The molecule has 0 aliphatic rings. The fourth-order valence-electron chi connectivity index (χ4n) is 2.35. The van der Waals surface area contributed by atoms with Gasteiger partial charge in [-0.2, -0.15) is 0 Å². The second-order valence-corrected chi connectivity index (χ2v) is 5.78. The maximum atomic E-state index is 12.4. The Morgan fingerprint density at radius 1 is 0.962 bits per heavy atom. The summed E-state index contributed by atoms with van der Waals surface area (Å²) in [7, 11) is 0. The molecule has 26 heavy (non-hydrogen) atoms. The molecule has 1 aromatic carbocycles. The van der Waals surface area contributed by atoms with Crippen molar-refractivity contribution in [1.82, 2.24) is 10.3 Å². The number of benzene rings is 1. The van der Waals surface area contributed by atoms with E-state index in [-0.39, 0.29) is 23.2 Å². The number of anilines is 1. The number of hydrogen-bond donors (Lipinski definition) is 2. The summed E-state index contributed by atoms with van der Waals surface area (Å²) in [6.07, 6.45) is 3.09. The molecule has 2 amide bonds. The van der Waals surface area contributed by atoms with Gasteiger partial charge in [0, 0.05) is 12.2 Å². The molecule has 1 aromatic heterocycles. The summed E-state index contributed by atoms with van der Waals surface area (Å²) >= 11 is 0. The Morgan fingerprint density at radius 2 is 1.65 bits per heavy atom. The first kappa shape index (κ1) is 19.4. The number of amides is 2. The summed E-state index contributed by atoms with van der Waals surface area (Å²) in [5.74, 6) is 0.108. The minimum absolute atomic E-state index is 0.195. The van der Waals surface area contributed by atoms with Crippen LogP contribution in [0.1, 0.15) is 54.1 Å². The van der Waals surface area contributed by atoms with Gasteiger partial charge in [-0.1, -0.05) is 25.8 Å². The smallest absolute Gasteiger partial charge is 0.274 e. The molecule has 0 saturated heterocycles. The lowest BCUT2D eigenvalue weighted by atomic mass is 10.2. The molecule has 2 aromatic rings. The van der Waals surface area contributed by atoms with E-state index in [0.717, 1.165) is 25.0 Å². The number of pyridine rings is 1. The van der Waals surface area contributed by atoms with Crippen molar-refractivity contribution in [2.45, 2.75) is 33.1 Å². The lowest BCUT2D eigenvalue weighted by molar-refractivity contribution is 0.0947. The largest absolute Gasteiger partial charge is 0.494 e. The highest BCUT2D eigenvalue weighted by Crippen LogP contribution is 2.16. The molecule has 1 heterocycles. The third kappa shape index (κ3) is 5.88. The zero-order valence-corrected chi connectivity index (χ0v) is 15.2. The second kappa shape index (κ2) is 10.2. The van der Waals surface area contributed by atoms with Gasteiger partial charge in [-0.05, 0) is 49.7 Å². The van der Waals surface area contributed by atoms with E-state index >= 15 is 0 Å². The molecular formula is C20H25N3O3. The average Bonchev–Trinajstić information content (AvgIpc) is 2.67. The lowest BCUT2D eigenvalue weighted by Crippen LogP contribution is -2.26. The number of ether oxygens (including phenoxy) is 1. The summed E-state index contributed by atoms with van der Waals surface area (Å²) < 4.78 is 5.37. The third-order valence-electron chi connectivity index (χ3n) is 3.70. The van der Waals surface area contributed by atoms with Crippen molar-refractivity contribution in [2.24, 2.45) is 0 Å². The number of carbonyl (C=O) groups is 2. The molecule has 0 spiro atoms. The fourth-order valence-corrected chi connectivity index (χ4v) is 2.35. The molecule has 6 nitrogen and oxygen atoms in total. The standard InChI is InChI=1S/C20H25N3O3/c1-3-5-6-14-21-19(24)17-8-7-9-18(23-17)20(25)22-15-10-12-16(13-11-15)26-4-2/h7-13H,3-6,14H2,1-2H3,(H,21,24)(H,22,25). The molecule has 0 saturated carbocycles. The zero-order chi connectivity index (χ0) is 18.8. The van der Waals surface area contributed by atoms with Crippen LogP contribution in [0.25, 0.3) is 0 Å². The number of carbonyl (C=O) groups excluding carboxylic acids is 2. The third-order valence-corrected chi connectivity index (χ3v) is 3.70. The van der Waals surface area contributed by atoms with Crippen LogP contribution in [-0.2, 0) is 0 Å². The SMILES string of the molecule is CCCCCNC(=O)c1cccc(C(=O)Nc2ccc(OCC)cc2)n1. The Bertz CT molecular complexity index is 729. The predicted octanol–water partition coefficient (Wildman–Crippen LogP) is 3.65. The molecular weight excluding hydrogens is 330 g/mol. The molecule has 0 radical (unpaired) electrons. The van der Waals surface area contributed by atoms with E-state index in [9.17, 15) is 9.59 Å². The van der Waals surface area contributed by atoms with Gasteiger partial charge in [-0.3, -0.25) is 9.59 Å². The molecule has 0 atom stereocenters. The molecule has 2 rings (SSSR count). The van der Waals surface area contributed by atoms with Crippen LogP contribution in [0.3, 0.4) is 0 Å². The average molecular weight is 355 g/mol. The minimum atomic E-state index is -0.366. The van der Waals surface area contributed by atoms with E-state index in [1.807, 2.05) is 6.92 Å². The number of unbranched alkanes of at least 4 members (excludes halogenated alkanes) is 2. The maximum absolute atomic E-state index is 12.4. The summed E-state index contributed by atoms with van der Waals surface area (Å²) in [6.45, 7) is 5.21. The molecule has 0 aliphatic heterocycles. The highest BCUT2D eigenvalue weighted by molar-refractivity contribution is 6.03. The van der Waals surface area contributed by atoms with Crippen LogP contribution >= 0.6 is 0 Å². The van der Waals surface area contributed by atoms with Crippen molar-refractivity contribution in [3.63, 3.8) is 0 Å². The van der Waals surface area contributed by atoms with E-state index in [4.69, 9.17) is 4.74 Å². The van der Waals surface area contributed by atoms with Crippen molar-refractivity contribution < 1.29 is 14.3 Å². The van der Waals surface area contributed by atoms with E-state index in [0.29, 0.717) is 18.8 Å². The van der Waals surface area contributed by atoms with E-state index < -0.39 is 0 Å². The second-order valence-electron chi connectivity index (χ2n) is 5.78. The predicted molar refractivity (Wildman–Crippen MR) is 102 cm³/mol. The maximum Gasteiger partial charge on any atom is 0.274 e. The molecule has 138 valence electrons. The van der Waals surface area contributed by atoms with Gasteiger partial charge in [-0.25, -0.2) is 4.98 Å². The molecule has 0 bridgehead atoms. The van der Waals surface area contributed by atoms with Crippen LogP contribution in [0.5, 0.6) is 5.75 Å². The minimum Gasteiger partial charge on any atom is -0.494 e. The van der Waals surface area contributed by atoms with Gasteiger partial charge in [0.2, 0.25) is 0 Å². The van der Waals surface area contributed by atoms with E-state index in [2.05, 4.69) is 22.5 Å². The first-order valence-corrected chi connectivity index (χ1v) is 8.93. The summed E-state index contributed by atoms with van der Waals surface area (Å²) in [5, 5.41) is 5.59. The highest BCUT2D eigenvalue weighted by Gasteiger charge is 2.12. The van der Waals surface area contributed by atoms with Gasteiger partial charge in [0.1, 0.15) is 17.1 Å². The Labute approximate surface area is 154 Å². The van der Waals surface area contributed by atoms with Crippen LogP contribution in [0.15, 0.2) is 42.5 Å². The Hall–Kier alpha value is -2.89. The quantitative estimate of drug-likeness (QED) is 0.673. The van der Waals surface area contributed by atoms with Gasteiger partial charge in [0.25, 0.3) is 11.8 Å². The number of nitrogens with zero attached hydrogens (tertiary/aromatic N) is 1. The van der Waals surface area contributed by atoms with Gasteiger partial charge in [0.05, 0.1) is 6.61 Å².